The van der Waals surface area contributed by atoms with Crippen molar-refractivity contribution in [3.8, 4) is 0 Å². The molecule has 0 N–H and O–H groups in total. The van der Waals surface area contributed by atoms with Crippen LogP contribution in [-0.2, 0) is 4.43 Å². The lowest BCUT2D eigenvalue weighted by molar-refractivity contribution is 0.628. The molecule has 1 heterocycles. The molecule has 0 spiro atoms. The van der Waals surface area contributed by atoms with Crippen molar-refractivity contribution in [3.63, 3.8) is 0 Å². The maximum absolute atomic E-state index is 4.76. The average Bonchev–Trinajstić information content (AvgIpc) is 2.05. The number of hydrogen-bond donors (Lipinski definition) is 0. The molecule has 0 unspecified atom stereocenters. The van der Waals surface area contributed by atoms with Crippen LogP contribution in [0.1, 0.15) is 5.69 Å². The monoisotopic (exact) mass is 167 g/mol. The summed E-state index contributed by atoms with van der Waals surface area (Å²) in [7, 11) is 2.80. The highest BCUT2D eigenvalue weighted by Gasteiger charge is 1.98. The SMILES string of the molecule is [Si]OC(=S)c1ccncn1. The van der Waals surface area contributed by atoms with Crippen LogP contribution in [0.2, 0.25) is 0 Å². The molecule has 1 aromatic rings. The predicted octanol–water partition coefficient (Wildman–Crippen LogP) is 0.252. The summed E-state index contributed by atoms with van der Waals surface area (Å²) in [4.78, 5) is 7.56. The standard InChI is InChI=1S/C5H3N2OSSi/c9-5(8-10)4-1-2-6-3-7-4/h1-3H. The summed E-state index contributed by atoms with van der Waals surface area (Å²) in [6.45, 7) is 0. The molecule has 0 saturated carbocycles. The maximum Gasteiger partial charge on any atom is 0.342 e. The van der Waals surface area contributed by atoms with Gasteiger partial charge in [-0.3, -0.25) is 0 Å². The van der Waals surface area contributed by atoms with Crippen LogP contribution in [-0.4, -0.2) is 25.5 Å². The van der Waals surface area contributed by atoms with Crippen LogP contribution >= 0.6 is 12.2 Å². The van der Waals surface area contributed by atoms with E-state index in [0.717, 1.165) is 0 Å². The minimum absolute atomic E-state index is 0.305. The normalized spacial score (nSPS) is 8.90. The van der Waals surface area contributed by atoms with Gasteiger partial charge in [-0.25, -0.2) is 9.97 Å². The number of rotatable bonds is 1. The molecule has 0 saturated heterocycles. The Morgan fingerprint density at radius 2 is 2.50 bits per heavy atom. The molecule has 49 valence electrons. The zero-order chi connectivity index (χ0) is 7.40. The highest BCUT2D eigenvalue weighted by Crippen LogP contribution is 1.93. The fourth-order valence-corrected chi connectivity index (χ4v) is 0.689. The Morgan fingerprint density at radius 1 is 1.70 bits per heavy atom. The molecule has 0 fully saturated rings. The van der Waals surface area contributed by atoms with Gasteiger partial charge in [0.05, 0.1) is 0 Å². The Kier molecular flexibility index (Phi) is 2.47. The van der Waals surface area contributed by atoms with Crippen LogP contribution in [0.4, 0.5) is 0 Å². The molecule has 10 heavy (non-hydrogen) atoms. The van der Waals surface area contributed by atoms with E-state index in [4.69, 9.17) is 12.2 Å². The van der Waals surface area contributed by atoms with E-state index in [0.29, 0.717) is 10.7 Å². The van der Waals surface area contributed by atoms with Gasteiger partial charge in [-0.2, -0.15) is 0 Å². The van der Waals surface area contributed by atoms with Gasteiger partial charge in [-0.05, 0) is 18.3 Å². The van der Waals surface area contributed by atoms with E-state index in [-0.39, 0.29) is 0 Å². The van der Waals surface area contributed by atoms with Crippen molar-refractivity contribution in [1.29, 1.82) is 0 Å². The Morgan fingerprint density at radius 3 is 3.00 bits per heavy atom. The van der Waals surface area contributed by atoms with Crippen molar-refractivity contribution in [3.05, 3.63) is 24.3 Å². The van der Waals surface area contributed by atoms with Gasteiger partial charge in [0.1, 0.15) is 12.0 Å². The number of aromatic nitrogens is 2. The van der Waals surface area contributed by atoms with Crippen molar-refractivity contribution in [2.24, 2.45) is 0 Å². The molecular weight excluding hydrogens is 164 g/mol. The van der Waals surface area contributed by atoms with E-state index in [2.05, 4.69) is 24.9 Å². The lowest BCUT2D eigenvalue weighted by Crippen LogP contribution is -2.02. The fourth-order valence-electron chi connectivity index (χ4n) is 0.464. The number of nitrogens with zero attached hydrogens (tertiary/aromatic N) is 2. The summed E-state index contributed by atoms with van der Waals surface area (Å²) in [6, 6.07) is 1.67. The Hall–Kier alpha value is -0.813. The Balaban J connectivity index is 2.85. The summed E-state index contributed by atoms with van der Waals surface area (Å²) >= 11 is 4.76. The van der Waals surface area contributed by atoms with Gasteiger partial charge < -0.3 is 4.43 Å². The predicted molar refractivity (Wildman–Crippen MR) is 40.6 cm³/mol. The van der Waals surface area contributed by atoms with Gasteiger partial charge in [0.15, 0.2) is 5.05 Å². The summed E-state index contributed by atoms with van der Waals surface area (Å²) in [5, 5.41) is 0.305. The second-order valence-corrected chi connectivity index (χ2v) is 2.06. The largest absolute Gasteiger partial charge is 0.532 e. The minimum atomic E-state index is 0.305. The second-order valence-electron chi connectivity index (χ2n) is 1.48. The molecule has 0 aliphatic heterocycles. The van der Waals surface area contributed by atoms with E-state index in [1.165, 1.54) is 6.33 Å². The van der Waals surface area contributed by atoms with Gasteiger partial charge >= 0.3 is 10.5 Å². The molecule has 0 amide bonds. The summed E-state index contributed by atoms with van der Waals surface area (Å²) in [5.41, 5.74) is 0.597. The van der Waals surface area contributed by atoms with E-state index >= 15 is 0 Å². The molecule has 1 rings (SSSR count). The van der Waals surface area contributed by atoms with E-state index in [1.807, 2.05) is 0 Å². The molecule has 3 radical (unpaired) electrons. The van der Waals surface area contributed by atoms with Crippen LogP contribution in [0, 0.1) is 0 Å². The fraction of sp³-hybridized carbons (Fsp3) is 0. The summed E-state index contributed by atoms with van der Waals surface area (Å²) in [6.07, 6.45) is 3.01. The topological polar surface area (TPSA) is 35.0 Å². The Labute approximate surface area is 67.0 Å². The van der Waals surface area contributed by atoms with Gasteiger partial charge in [0.25, 0.3) is 0 Å². The van der Waals surface area contributed by atoms with Gasteiger partial charge in [0.2, 0.25) is 0 Å². The Bertz CT molecular complexity index is 228. The minimum Gasteiger partial charge on any atom is -0.532 e. The maximum atomic E-state index is 4.76. The highest BCUT2D eigenvalue weighted by atomic mass is 32.1. The first-order valence-corrected chi connectivity index (χ1v) is 3.30. The van der Waals surface area contributed by atoms with Crippen LogP contribution in [0.15, 0.2) is 18.6 Å². The molecule has 0 atom stereocenters. The zero-order valence-corrected chi connectivity index (χ0v) is 6.76. The first-order valence-electron chi connectivity index (χ1n) is 2.48. The van der Waals surface area contributed by atoms with Crippen LogP contribution in [0.5, 0.6) is 0 Å². The van der Waals surface area contributed by atoms with E-state index < -0.39 is 0 Å². The van der Waals surface area contributed by atoms with Crippen molar-refractivity contribution in [2.45, 2.75) is 0 Å². The van der Waals surface area contributed by atoms with Gasteiger partial charge in [-0.1, -0.05) is 0 Å². The van der Waals surface area contributed by atoms with Crippen LogP contribution in [0.25, 0.3) is 0 Å². The number of thiocarbonyl (C=S) groups is 1. The molecule has 0 bridgehead atoms. The third-order valence-corrected chi connectivity index (χ3v) is 1.53. The van der Waals surface area contributed by atoms with Crippen LogP contribution < -0.4 is 0 Å². The second kappa shape index (κ2) is 3.38. The lowest BCUT2D eigenvalue weighted by Gasteiger charge is -1.97. The highest BCUT2D eigenvalue weighted by molar-refractivity contribution is 7.80. The smallest absolute Gasteiger partial charge is 0.342 e. The average molecular weight is 167 g/mol. The summed E-state index contributed by atoms with van der Waals surface area (Å²) in [5.74, 6) is 0. The molecular formula is C5H3N2OSSi. The van der Waals surface area contributed by atoms with Crippen molar-refractivity contribution < 1.29 is 4.43 Å². The number of hydrogen-bond acceptors (Lipinski definition) is 4. The first-order chi connectivity index (χ1) is 4.84. The third-order valence-electron chi connectivity index (χ3n) is 0.884. The van der Waals surface area contributed by atoms with Gasteiger partial charge in [-0.15, -0.1) is 0 Å². The van der Waals surface area contributed by atoms with Gasteiger partial charge in [0, 0.05) is 6.20 Å². The van der Waals surface area contributed by atoms with Crippen molar-refractivity contribution >= 4 is 27.8 Å². The van der Waals surface area contributed by atoms with E-state index in [9.17, 15) is 0 Å². The lowest BCUT2D eigenvalue weighted by atomic mass is 10.4. The van der Waals surface area contributed by atoms with Crippen molar-refractivity contribution in [2.75, 3.05) is 0 Å². The third kappa shape index (κ3) is 1.58. The van der Waals surface area contributed by atoms with E-state index in [1.54, 1.807) is 12.3 Å². The summed E-state index contributed by atoms with van der Waals surface area (Å²) < 4.78 is 4.58. The molecule has 0 aliphatic rings. The molecule has 0 aromatic carbocycles. The molecule has 3 nitrogen and oxygen atoms in total. The quantitative estimate of drug-likeness (QED) is 0.444. The molecule has 5 heteroatoms. The molecule has 1 aromatic heterocycles. The first kappa shape index (κ1) is 7.30. The van der Waals surface area contributed by atoms with Crippen molar-refractivity contribution in [1.82, 2.24) is 9.97 Å². The van der Waals surface area contributed by atoms with Crippen LogP contribution in [0.3, 0.4) is 0 Å². The zero-order valence-electron chi connectivity index (χ0n) is 4.94. The molecule has 0 aliphatic carbocycles.